The first kappa shape index (κ1) is 13.2. The van der Waals surface area contributed by atoms with Gasteiger partial charge < -0.3 is 16.2 Å². The number of amides is 1. The summed E-state index contributed by atoms with van der Waals surface area (Å²) in [7, 11) is 0. The Morgan fingerprint density at radius 1 is 1.29 bits per heavy atom. The highest BCUT2D eigenvalue weighted by atomic mass is 16.4. The molecule has 5 nitrogen and oxygen atoms in total. The highest BCUT2D eigenvalue weighted by Gasteiger charge is 2.11. The van der Waals surface area contributed by atoms with Crippen molar-refractivity contribution in [3.8, 4) is 0 Å². The summed E-state index contributed by atoms with van der Waals surface area (Å²) in [5.74, 6) is -1.17. The summed E-state index contributed by atoms with van der Waals surface area (Å²) >= 11 is 0. The topological polar surface area (TPSA) is 92.4 Å². The average Bonchev–Trinajstić information content (AvgIpc) is 2.29. The highest BCUT2D eigenvalue weighted by molar-refractivity contribution is 5.77. The summed E-state index contributed by atoms with van der Waals surface area (Å²) < 4.78 is 0. The molecule has 17 heavy (non-hydrogen) atoms. The Labute approximate surface area is 99.6 Å². The molecule has 0 saturated carbocycles. The van der Waals surface area contributed by atoms with E-state index in [2.05, 4.69) is 5.32 Å². The third kappa shape index (κ3) is 5.12. The van der Waals surface area contributed by atoms with E-state index in [1.54, 1.807) is 0 Å². The summed E-state index contributed by atoms with van der Waals surface area (Å²) in [5.41, 5.74) is 6.74. The number of hydrogen-bond acceptors (Lipinski definition) is 3. The lowest BCUT2D eigenvalue weighted by Gasteiger charge is -2.11. The smallest absolute Gasteiger partial charge is 0.305 e. The maximum Gasteiger partial charge on any atom is 0.305 e. The first-order chi connectivity index (χ1) is 8.09. The third-order valence-electron chi connectivity index (χ3n) is 2.29. The first-order valence-corrected chi connectivity index (χ1v) is 5.38. The minimum absolute atomic E-state index is 0.0771. The molecular weight excluding hydrogens is 220 g/mol. The van der Waals surface area contributed by atoms with Crippen LogP contribution in [-0.2, 0) is 9.59 Å². The van der Waals surface area contributed by atoms with Gasteiger partial charge in [0.2, 0.25) is 5.91 Å². The van der Waals surface area contributed by atoms with Crippen molar-refractivity contribution in [2.45, 2.75) is 18.9 Å². The lowest BCUT2D eigenvalue weighted by Crippen LogP contribution is -2.29. The molecule has 0 saturated heterocycles. The number of carboxylic acids is 1. The molecule has 0 aliphatic rings. The largest absolute Gasteiger partial charge is 0.481 e. The maximum absolute atomic E-state index is 11.4. The fraction of sp³-hybridized carbons (Fsp3) is 0.333. The van der Waals surface area contributed by atoms with Gasteiger partial charge in [0.1, 0.15) is 0 Å². The predicted octanol–water partition coefficient (Wildman–Crippen LogP) is 0.667. The molecule has 0 aliphatic carbocycles. The maximum atomic E-state index is 11.4. The molecule has 0 aromatic heterocycles. The quantitative estimate of drug-likeness (QED) is 0.676. The molecule has 0 spiro atoms. The van der Waals surface area contributed by atoms with Crippen LogP contribution in [0.4, 0.5) is 0 Å². The molecule has 0 bridgehead atoms. The van der Waals surface area contributed by atoms with Gasteiger partial charge >= 0.3 is 5.97 Å². The second kappa shape index (κ2) is 6.65. The van der Waals surface area contributed by atoms with Crippen molar-refractivity contribution in [2.75, 3.05) is 6.54 Å². The molecule has 0 aliphatic heterocycles. The Hall–Kier alpha value is -1.88. The Kier molecular flexibility index (Phi) is 5.16. The van der Waals surface area contributed by atoms with Crippen LogP contribution in [0, 0.1) is 0 Å². The van der Waals surface area contributed by atoms with Crippen molar-refractivity contribution in [3.63, 3.8) is 0 Å². The number of carboxylic acid groups (broad SMARTS) is 1. The van der Waals surface area contributed by atoms with Crippen LogP contribution in [0.2, 0.25) is 0 Å². The third-order valence-corrected chi connectivity index (χ3v) is 2.29. The van der Waals surface area contributed by atoms with Crippen LogP contribution in [0.3, 0.4) is 0 Å². The molecule has 92 valence electrons. The zero-order valence-electron chi connectivity index (χ0n) is 9.43. The van der Waals surface area contributed by atoms with Crippen LogP contribution in [0.5, 0.6) is 0 Å². The minimum Gasteiger partial charge on any atom is -0.481 e. The SMILES string of the molecule is NC(CC(=O)NCCC(=O)O)c1ccccc1. The summed E-state index contributed by atoms with van der Waals surface area (Å²) in [6.45, 7) is 0.135. The van der Waals surface area contributed by atoms with Gasteiger partial charge in [0, 0.05) is 19.0 Å². The van der Waals surface area contributed by atoms with E-state index in [0.29, 0.717) is 0 Å². The monoisotopic (exact) mass is 236 g/mol. The van der Waals surface area contributed by atoms with Gasteiger partial charge in [0.15, 0.2) is 0 Å². The normalized spacial score (nSPS) is 11.8. The highest BCUT2D eigenvalue weighted by Crippen LogP contribution is 2.12. The lowest BCUT2D eigenvalue weighted by molar-refractivity contribution is -0.136. The van der Waals surface area contributed by atoms with Gasteiger partial charge in [-0.15, -0.1) is 0 Å². The van der Waals surface area contributed by atoms with Crippen LogP contribution >= 0.6 is 0 Å². The van der Waals surface area contributed by atoms with E-state index in [-0.39, 0.29) is 31.3 Å². The van der Waals surface area contributed by atoms with Crippen LogP contribution in [0.25, 0.3) is 0 Å². The van der Waals surface area contributed by atoms with E-state index in [1.807, 2.05) is 30.3 Å². The van der Waals surface area contributed by atoms with E-state index in [0.717, 1.165) is 5.56 Å². The summed E-state index contributed by atoms with van der Waals surface area (Å²) in [6.07, 6.45) is 0.0793. The number of hydrogen-bond donors (Lipinski definition) is 3. The molecule has 1 amide bonds. The van der Waals surface area contributed by atoms with Gasteiger partial charge in [-0.1, -0.05) is 30.3 Å². The second-order valence-electron chi connectivity index (χ2n) is 3.71. The summed E-state index contributed by atoms with van der Waals surface area (Å²) in [5, 5.41) is 10.9. The average molecular weight is 236 g/mol. The van der Waals surface area contributed by atoms with Crippen LogP contribution in [0.15, 0.2) is 30.3 Å². The number of carbonyl (C=O) groups is 2. The number of nitrogens with one attached hydrogen (secondary N) is 1. The van der Waals surface area contributed by atoms with Crippen molar-refractivity contribution in [2.24, 2.45) is 5.73 Å². The number of benzene rings is 1. The predicted molar refractivity (Wildman–Crippen MR) is 63.2 cm³/mol. The molecule has 0 fully saturated rings. The zero-order chi connectivity index (χ0) is 12.7. The first-order valence-electron chi connectivity index (χ1n) is 5.38. The summed E-state index contributed by atoms with van der Waals surface area (Å²) in [4.78, 5) is 21.7. The molecule has 1 aromatic rings. The Morgan fingerprint density at radius 2 is 1.94 bits per heavy atom. The van der Waals surface area contributed by atoms with Gasteiger partial charge in [-0.3, -0.25) is 9.59 Å². The van der Waals surface area contributed by atoms with E-state index >= 15 is 0 Å². The van der Waals surface area contributed by atoms with Gasteiger partial charge in [0.05, 0.1) is 6.42 Å². The van der Waals surface area contributed by atoms with Crippen molar-refractivity contribution < 1.29 is 14.7 Å². The van der Waals surface area contributed by atoms with Gasteiger partial charge in [-0.05, 0) is 5.56 Å². The fourth-order valence-corrected chi connectivity index (χ4v) is 1.40. The minimum atomic E-state index is -0.933. The zero-order valence-corrected chi connectivity index (χ0v) is 9.43. The molecule has 1 atom stereocenters. The number of nitrogens with two attached hydrogens (primary N) is 1. The van der Waals surface area contributed by atoms with Crippen molar-refractivity contribution in [3.05, 3.63) is 35.9 Å². The molecule has 5 heteroatoms. The van der Waals surface area contributed by atoms with Gasteiger partial charge in [-0.25, -0.2) is 0 Å². The Morgan fingerprint density at radius 3 is 2.53 bits per heavy atom. The van der Waals surface area contributed by atoms with Crippen molar-refractivity contribution in [1.82, 2.24) is 5.32 Å². The lowest BCUT2D eigenvalue weighted by atomic mass is 10.0. The van der Waals surface area contributed by atoms with Crippen molar-refractivity contribution in [1.29, 1.82) is 0 Å². The second-order valence-corrected chi connectivity index (χ2v) is 3.71. The van der Waals surface area contributed by atoms with Crippen molar-refractivity contribution >= 4 is 11.9 Å². The number of carbonyl (C=O) groups excluding carboxylic acids is 1. The van der Waals surface area contributed by atoms with Crippen LogP contribution in [0.1, 0.15) is 24.4 Å². The van der Waals surface area contributed by atoms with E-state index < -0.39 is 5.97 Å². The molecule has 1 rings (SSSR count). The van der Waals surface area contributed by atoms with Crippen LogP contribution in [-0.4, -0.2) is 23.5 Å². The molecule has 0 radical (unpaired) electrons. The molecule has 0 heterocycles. The van der Waals surface area contributed by atoms with Gasteiger partial charge in [0.25, 0.3) is 0 Å². The molecule has 1 aromatic carbocycles. The molecule has 4 N–H and O–H groups in total. The Balaban J connectivity index is 2.34. The summed E-state index contributed by atoms with van der Waals surface area (Å²) in [6, 6.07) is 8.95. The van der Waals surface area contributed by atoms with Gasteiger partial charge in [-0.2, -0.15) is 0 Å². The number of rotatable bonds is 6. The van der Waals surface area contributed by atoms with E-state index in [1.165, 1.54) is 0 Å². The van der Waals surface area contributed by atoms with E-state index in [4.69, 9.17) is 10.8 Å². The number of aliphatic carboxylic acids is 1. The standard InChI is InChI=1S/C12H16N2O3/c13-10(9-4-2-1-3-5-9)8-11(15)14-7-6-12(16)17/h1-5,10H,6-8,13H2,(H,14,15)(H,16,17). The fourth-order valence-electron chi connectivity index (χ4n) is 1.40. The Bertz CT molecular complexity index is 379. The van der Waals surface area contributed by atoms with E-state index in [9.17, 15) is 9.59 Å². The molecular formula is C12H16N2O3. The molecule has 1 unspecified atom stereocenters. The van der Waals surface area contributed by atoms with Crippen LogP contribution < -0.4 is 11.1 Å².